The minimum Gasteiger partial charge on any atom is -0.323 e. The smallest absolute Gasteiger partial charge is 0.258 e. The van der Waals surface area contributed by atoms with Crippen LogP contribution in [0.5, 0.6) is 0 Å². The van der Waals surface area contributed by atoms with Crippen LogP contribution in [0.25, 0.3) is 0 Å². The van der Waals surface area contributed by atoms with Crippen molar-refractivity contribution in [2.24, 2.45) is 0 Å². The maximum absolute atomic E-state index is 12.1. The van der Waals surface area contributed by atoms with Crippen LogP contribution in [0, 0.1) is 11.3 Å². The molecule has 0 aromatic carbocycles. The second-order valence-corrected chi connectivity index (χ2v) is 4.30. The summed E-state index contributed by atoms with van der Waals surface area (Å²) in [5.74, 6) is -0.386. The minimum absolute atomic E-state index is 0.0211. The molecule has 0 aliphatic carbocycles. The Morgan fingerprint density at radius 1 is 1.53 bits per heavy atom. The van der Waals surface area contributed by atoms with Crippen molar-refractivity contribution < 1.29 is 4.79 Å². The van der Waals surface area contributed by atoms with E-state index in [0.717, 1.165) is 0 Å². The molecule has 1 aromatic rings. The Labute approximate surface area is 109 Å². The zero-order valence-electron chi connectivity index (χ0n) is 9.31. The molecular formula is C10H10Cl2N4O. The van der Waals surface area contributed by atoms with Gasteiger partial charge in [0.25, 0.3) is 5.91 Å². The molecule has 90 valence electrons. The minimum atomic E-state index is -0.386. The van der Waals surface area contributed by atoms with Gasteiger partial charge in [0.2, 0.25) is 0 Å². The quantitative estimate of drug-likeness (QED) is 0.791. The largest absolute Gasteiger partial charge is 0.323 e. The number of halogens is 2. The topological polar surface area (TPSA) is 69.9 Å². The van der Waals surface area contributed by atoms with E-state index in [1.165, 1.54) is 11.0 Å². The maximum atomic E-state index is 12.1. The highest BCUT2D eigenvalue weighted by Crippen LogP contribution is 2.18. The summed E-state index contributed by atoms with van der Waals surface area (Å²) in [6, 6.07) is 3.15. The highest BCUT2D eigenvalue weighted by molar-refractivity contribution is 6.34. The van der Waals surface area contributed by atoms with Crippen LogP contribution in [-0.2, 0) is 0 Å². The summed E-state index contributed by atoms with van der Waals surface area (Å²) in [6.45, 7) is 3.59. The summed E-state index contributed by atoms with van der Waals surface area (Å²) >= 11 is 11.4. The molecule has 5 nitrogen and oxygen atoms in total. The average molecular weight is 273 g/mol. The van der Waals surface area contributed by atoms with E-state index in [1.807, 2.05) is 6.07 Å². The molecule has 0 saturated heterocycles. The summed E-state index contributed by atoms with van der Waals surface area (Å²) in [4.78, 5) is 13.5. The zero-order valence-corrected chi connectivity index (χ0v) is 10.8. The molecule has 0 unspecified atom stereocenters. The van der Waals surface area contributed by atoms with Crippen molar-refractivity contribution >= 4 is 29.1 Å². The van der Waals surface area contributed by atoms with Gasteiger partial charge in [0, 0.05) is 6.04 Å². The Morgan fingerprint density at radius 2 is 2.18 bits per heavy atom. The fourth-order valence-electron chi connectivity index (χ4n) is 1.22. The van der Waals surface area contributed by atoms with E-state index in [2.05, 4.69) is 10.2 Å². The van der Waals surface area contributed by atoms with Gasteiger partial charge in [0.1, 0.15) is 6.54 Å². The van der Waals surface area contributed by atoms with Crippen molar-refractivity contribution in [3.05, 3.63) is 21.9 Å². The van der Waals surface area contributed by atoms with Gasteiger partial charge in [0.05, 0.1) is 11.6 Å². The first kappa shape index (κ1) is 13.7. The molecule has 1 heterocycles. The second kappa shape index (κ2) is 5.80. The van der Waals surface area contributed by atoms with E-state index < -0.39 is 0 Å². The van der Waals surface area contributed by atoms with Crippen LogP contribution in [0.4, 0.5) is 0 Å². The van der Waals surface area contributed by atoms with E-state index in [0.29, 0.717) is 0 Å². The molecule has 7 heteroatoms. The van der Waals surface area contributed by atoms with Gasteiger partial charge in [-0.2, -0.15) is 5.26 Å². The van der Waals surface area contributed by atoms with Crippen LogP contribution in [0.15, 0.2) is 6.07 Å². The molecule has 0 bridgehead atoms. The standard InChI is InChI=1S/C10H10Cl2N4O/c1-6(2)16(4-3-13)10(17)7-5-8(11)14-15-9(7)12/h5-6H,4H2,1-2H3. The van der Waals surface area contributed by atoms with Crippen molar-refractivity contribution in [1.82, 2.24) is 15.1 Å². The summed E-state index contributed by atoms with van der Waals surface area (Å²) in [7, 11) is 0. The molecule has 1 aromatic heterocycles. The Bertz CT molecular complexity index is 470. The zero-order chi connectivity index (χ0) is 13.0. The summed E-state index contributed by atoms with van der Waals surface area (Å²) in [5.41, 5.74) is 0.149. The van der Waals surface area contributed by atoms with Crippen LogP contribution in [0.2, 0.25) is 10.3 Å². The van der Waals surface area contributed by atoms with Gasteiger partial charge in [-0.3, -0.25) is 4.79 Å². The molecule has 17 heavy (non-hydrogen) atoms. The van der Waals surface area contributed by atoms with Gasteiger partial charge in [-0.05, 0) is 19.9 Å². The van der Waals surface area contributed by atoms with Crippen molar-refractivity contribution in [2.75, 3.05) is 6.54 Å². The average Bonchev–Trinajstić information content (AvgIpc) is 2.28. The third-order valence-electron chi connectivity index (χ3n) is 2.07. The normalized spacial score (nSPS) is 10.1. The number of nitriles is 1. The Morgan fingerprint density at radius 3 is 2.71 bits per heavy atom. The van der Waals surface area contributed by atoms with Gasteiger partial charge < -0.3 is 4.90 Å². The van der Waals surface area contributed by atoms with Crippen LogP contribution >= 0.6 is 23.2 Å². The highest BCUT2D eigenvalue weighted by Gasteiger charge is 2.22. The van der Waals surface area contributed by atoms with Gasteiger partial charge in [-0.25, -0.2) is 0 Å². The first-order chi connectivity index (χ1) is 7.97. The third kappa shape index (κ3) is 3.29. The van der Waals surface area contributed by atoms with Crippen molar-refractivity contribution in [3.8, 4) is 6.07 Å². The molecule has 1 amide bonds. The lowest BCUT2D eigenvalue weighted by Crippen LogP contribution is -2.37. The molecule has 0 radical (unpaired) electrons. The van der Waals surface area contributed by atoms with E-state index in [-0.39, 0.29) is 34.4 Å². The lowest BCUT2D eigenvalue weighted by atomic mass is 10.2. The molecule has 0 atom stereocenters. The predicted octanol–water partition coefficient (Wildman–Crippen LogP) is 2.16. The summed E-state index contributed by atoms with van der Waals surface area (Å²) in [6.07, 6.45) is 0. The Hall–Kier alpha value is -1.38. The van der Waals surface area contributed by atoms with Crippen LogP contribution < -0.4 is 0 Å². The lowest BCUT2D eigenvalue weighted by Gasteiger charge is -2.23. The van der Waals surface area contributed by atoms with Crippen molar-refractivity contribution in [1.29, 1.82) is 5.26 Å². The van der Waals surface area contributed by atoms with E-state index >= 15 is 0 Å². The number of hydrogen-bond acceptors (Lipinski definition) is 4. The van der Waals surface area contributed by atoms with Gasteiger partial charge >= 0.3 is 0 Å². The van der Waals surface area contributed by atoms with E-state index in [4.69, 9.17) is 28.5 Å². The lowest BCUT2D eigenvalue weighted by molar-refractivity contribution is 0.0731. The first-order valence-electron chi connectivity index (χ1n) is 4.84. The first-order valence-corrected chi connectivity index (χ1v) is 5.59. The van der Waals surface area contributed by atoms with Crippen molar-refractivity contribution in [2.45, 2.75) is 19.9 Å². The predicted molar refractivity (Wildman–Crippen MR) is 63.8 cm³/mol. The Balaban J connectivity index is 3.10. The third-order valence-corrected chi connectivity index (χ3v) is 2.54. The number of aromatic nitrogens is 2. The summed E-state index contributed by atoms with van der Waals surface area (Å²) in [5, 5.41) is 15.8. The molecule has 0 aliphatic heterocycles. The second-order valence-electron chi connectivity index (χ2n) is 3.56. The maximum Gasteiger partial charge on any atom is 0.258 e. The van der Waals surface area contributed by atoms with Crippen LogP contribution in [0.3, 0.4) is 0 Å². The van der Waals surface area contributed by atoms with E-state index in [1.54, 1.807) is 13.8 Å². The number of carbonyl (C=O) groups excluding carboxylic acids is 1. The molecule has 0 saturated carbocycles. The number of amides is 1. The SMILES string of the molecule is CC(C)N(CC#N)C(=O)c1cc(Cl)nnc1Cl. The molecule has 0 spiro atoms. The molecule has 0 N–H and O–H groups in total. The number of rotatable bonds is 3. The van der Waals surface area contributed by atoms with Gasteiger partial charge in [0.15, 0.2) is 10.3 Å². The fraction of sp³-hybridized carbons (Fsp3) is 0.400. The molecular weight excluding hydrogens is 263 g/mol. The number of carbonyl (C=O) groups is 1. The monoisotopic (exact) mass is 272 g/mol. The molecule has 0 aliphatic rings. The van der Waals surface area contributed by atoms with Gasteiger partial charge in [-0.1, -0.05) is 23.2 Å². The Kier molecular flexibility index (Phi) is 4.67. The van der Waals surface area contributed by atoms with Gasteiger partial charge in [-0.15, -0.1) is 10.2 Å². The summed E-state index contributed by atoms with van der Waals surface area (Å²) < 4.78 is 0. The van der Waals surface area contributed by atoms with E-state index in [9.17, 15) is 4.79 Å². The van der Waals surface area contributed by atoms with Crippen LogP contribution in [-0.4, -0.2) is 33.6 Å². The van der Waals surface area contributed by atoms with Crippen molar-refractivity contribution in [3.63, 3.8) is 0 Å². The fourth-order valence-corrected chi connectivity index (χ4v) is 1.54. The highest BCUT2D eigenvalue weighted by atomic mass is 35.5. The molecule has 0 fully saturated rings. The van der Waals surface area contributed by atoms with Crippen LogP contribution in [0.1, 0.15) is 24.2 Å². The number of nitrogens with zero attached hydrogens (tertiary/aromatic N) is 4. The number of hydrogen-bond donors (Lipinski definition) is 0. The molecule has 1 rings (SSSR count).